The molecule has 1 unspecified atom stereocenters. The van der Waals surface area contributed by atoms with Crippen molar-refractivity contribution >= 4 is 11.9 Å². The first-order chi connectivity index (χ1) is 11.2. The lowest BCUT2D eigenvalue weighted by Crippen LogP contribution is -2.22. The molecule has 0 bridgehead atoms. The van der Waals surface area contributed by atoms with Crippen LogP contribution in [-0.2, 0) is 19.1 Å². The van der Waals surface area contributed by atoms with Gasteiger partial charge in [0.1, 0.15) is 12.7 Å². The average Bonchev–Trinajstić information content (AvgIpc) is 2.52. The van der Waals surface area contributed by atoms with Crippen molar-refractivity contribution in [3.05, 3.63) is 0 Å². The summed E-state index contributed by atoms with van der Waals surface area (Å²) in [6.07, 6.45) is 14.8. The number of carbonyl (C=O) groups excluding carboxylic acids is 2. The molecule has 1 atom stereocenters. The Morgan fingerprint density at radius 1 is 0.652 bits per heavy atom. The van der Waals surface area contributed by atoms with E-state index in [1.807, 2.05) is 0 Å². The summed E-state index contributed by atoms with van der Waals surface area (Å²) in [6.45, 7) is 1.95. The Morgan fingerprint density at radius 2 is 1.04 bits per heavy atom. The fraction of sp³-hybridized carbons (Fsp3) is 0.895. The highest BCUT2D eigenvalue weighted by molar-refractivity contribution is 5.70. The molecule has 0 N–H and O–H groups in total. The van der Waals surface area contributed by atoms with E-state index in [2.05, 4.69) is 0 Å². The zero-order chi connectivity index (χ0) is 16.8. The van der Waals surface area contributed by atoms with Gasteiger partial charge in [-0.3, -0.25) is 9.59 Å². The molecule has 1 rings (SSSR count). The van der Waals surface area contributed by atoms with Crippen LogP contribution in [0.15, 0.2) is 0 Å². The molecule has 23 heavy (non-hydrogen) atoms. The van der Waals surface area contributed by atoms with E-state index in [0.29, 0.717) is 12.8 Å². The smallest absolute Gasteiger partial charge is 0.306 e. The van der Waals surface area contributed by atoms with Crippen LogP contribution in [0.25, 0.3) is 0 Å². The number of esters is 2. The van der Waals surface area contributed by atoms with E-state index in [-0.39, 0.29) is 24.6 Å². The fourth-order valence-corrected chi connectivity index (χ4v) is 2.91. The molecule has 0 aromatic carbocycles. The Balaban J connectivity index is 2.27. The third kappa shape index (κ3) is 12.1. The lowest BCUT2D eigenvalue weighted by atomic mass is 10.0. The first-order valence-electron chi connectivity index (χ1n) is 9.53. The highest BCUT2D eigenvalue weighted by Crippen LogP contribution is 2.14. The second kappa shape index (κ2) is 13.4. The molecule has 0 aliphatic carbocycles. The van der Waals surface area contributed by atoms with Crippen LogP contribution in [0.3, 0.4) is 0 Å². The van der Waals surface area contributed by atoms with Crippen molar-refractivity contribution in [1.82, 2.24) is 0 Å². The Morgan fingerprint density at radius 3 is 1.52 bits per heavy atom. The SMILES string of the molecule is CC1COC(=O)CCCCCCCCCCCCCCC(=O)O1. The van der Waals surface area contributed by atoms with Crippen LogP contribution >= 0.6 is 0 Å². The van der Waals surface area contributed by atoms with Gasteiger partial charge in [-0.25, -0.2) is 0 Å². The summed E-state index contributed by atoms with van der Waals surface area (Å²) < 4.78 is 10.4. The summed E-state index contributed by atoms with van der Waals surface area (Å²) in [4.78, 5) is 23.3. The van der Waals surface area contributed by atoms with E-state index in [1.165, 1.54) is 51.4 Å². The number of ether oxygens (including phenoxy) is 2. The summed E-state index contributed by atoms with van der Waals surface area (Å²) >= 11 is 0. The second-order valence-electron chi connectivity index (χ2n) is 6.73. The summed E-state index contributed by atoms with van der Waals surface area (Å²) in [6, 6.07) is 0. The second-order valence-corrected chi connectivity index (χ2v) is 6.73. The van der Waals surface area contributed by atoms with Crippen LogP contribution in [0.5, 0.6) is 0 Å². The van der Waals surface area contributed by atoms with Crippen LogP contribution in [0.1, 0.15) is 96.8 Å². The summed E-state index contributed by atoms with van der Waals surface area (Å²) in [5.41, 5.74) is 0. The van der Waals surface area contributed by atoms with Crippen molar-refractivity contribution < 1.29 is 19.1 Å². The van der Waals surface area contributed by atoms with Crippen molar-refractivity contribution in [1.29, 1.82) is 0 Å². The standard InChI is InChI=1S/C19H34O4/c1-17-16-22-18(20)14-12-10-8-6-4-2-3-5-7-9-11-13-15-19(21)23-17/h17H,2-16H2,1H3. The first kappa shape index (κ1) is 20.0. The lowest BCUT2D eigenvalue weighted by Gasteiger charge is -2.13. The van der Waals surface area contributed by atoms with Crippen molar-refractivity contribution in [2.24, 2.45) is 0 Å². The molecule has 1 aliphatic heterocycles. The van der Waals surface area contributed by atoms with Gasteiger partial charge in [0.05, 0.1) is 0 Å². The average molecular weight is 326 g/mol. The molecule has 0 aromatic rings. The number of cyclic esters (lactones) is 2. The molecule has 1 fully saturated rings. The molecule has 1 heterocycles. The third-order valence-electron chi connectivity index (χ3n) is 4.32. The maximum Gasteiger partial charge on any atom is 0.306 e. The number of rotatable bonds is 0. The molecule has 4 heteroatoms. The highest BCUT2D eigenvalue weighted by Gasteiger charge is 2.12. The van der Waals surface area contributed by atoms with Gasteiger partial charge >= 0.3 is 11.9 Å². The fourth-order valence-electron chi connectivity index (χ4n) is 2.91. The van der Waals surface area contributed by atoms with Gasteiger partial charge in [-0.15, -0.1) is 0 Å². The van der Waals surface area contributed by atoms with Crippen LogP contribution < -0.4 is 0 Å². The highest BCUT2D eigenvalue weighted by atomic mass is 16.6. The molecule has 0 radical (unpaired) electrons. The van der Waals surface area contributed by atoms with Crippen molar-refractivity contribution in [2.75, 3.05) is 6.61 Å². The quantitative estimate of drug-likeness (QED) is 0.592. The van der Waals surface area contributed by atoms with E-state index in [0.717, 1.165) is 25.7 Å². The maximum atomic E-state index is 11.7. The zero-order valence-electron chi connectivity index (χ0n) is 14.8. The molecular weight excluding hydrogens is 292 g/mol. The third-order valence-corrected chi connectivity index (χ3v) is 4.32. The van der Waals surface area contributed by atoms with E-state index >= 15 is 0 Å². The van der Waals surface area contributed by atoms with E-state index in [1.54, 1.807) is 6.92 Å². The van der Waals surface area contributed by atoms with Gasteiger partial charge < -0.3 is 9.47 Å². The minimum Gasteiger partial charge on any atom is -0.462 e. The van der Waals surface area contributed by atoms with E-state index in [9.17, 15) is 9.59 Å². The Kier molecular flexibility index (Phi) is 11.6. The number of hydrogen-bond donors (Lipinski definition) is 0. The normalized spacial score (nSPS) is 25.2. The Bertz CT molecular complexity index is 327. The largest absolute Gasteiger partial charge is 0.462 e. The molecular formula is C19H34O4. The summed E-state index contributed by atoms with van der Waals surface area (Å²) in [7, 11) is 0. The van der Waals surface area contributed by atoms with Crippen LogP contribution in [-0.4, -0.2) is 24.6 Å². The molecule has 0 amide bonds. The van der Waals surface area contributed by atoms with Crippen LogP contribution in [0, 0.1) is 0 Å². The van der Waals surface area contributed by atoms with E-state index in [4.69, 9.17) is 9.47 Å². The molecule has 0 spiro atoms. The van der Waals surface area contributed by atoms with Gasteiger partial charge in [-0.2, -0.15) is 0 Å². The Labute approximate surface area is 141 Å². The lowest BCUT2D eigenvalue weighted by molar-refractivity contribution is -0.158. The molecule has 1 aliphatic rings. The maximum absolute atomic E-state index is 11.7. The van der Waals surface area contributed by atoms with Crippen molar-refractivity contribution in [3.63, 3.8) is 0 Å². The van der Waals surface area contributed by atoms with Crippen LogP contribution in [0.2, 0.25) is 0 Å². The van der Waals surface area contributed by atoms with Gasteiger partial charge in [0.15, 0.2) is 0 Å². The number of hydrogen-bond acceptors (Lipinski definition) is 4. The molecule has 4 nitrogen and oxygen atoms in total. The van der Waals surface area contributed by atoms with Gasteiger partial charge in [-0.05, 0) is 19.8 Å². The monoisotopic (exact) mass is 326 g/mol. The minimum absolute atomic E-state index is 0.171. The molecule has 0 aromatic heterocycles. The van der Waals surface area contributed by atoms with Gasteiger partial charge in [0.2, 0.25) is 0 Å². The van der Waals surface area contributed by atoms with Crippen molar-refractivity contribution in [3.8, 4) is 0 Å². The molecule has 1 saturated heterocycles. The van der Waals surface area contributed by atoms with Gasteiger partial charge in [0, 0.05) is 12.8 Å². The van der Waals surface area contributed by atoms with Crippen LogP contribution in [0.4, 0.5) is 0 Å². The summed E-state index contributed by atoms with van der Waals surface area (Å²) in [5.74, 6) is -0.356. The molecule has 134 valence electrons. The summed E-state index contributed by atoms with van der Waals surface area (Å²) in [5, 5.41) is 0. The van der Waals surface area contributed by atoms with E-state index < -0.39 is 0 Å². The van der Waals surface area contributed by atoms with Crippen molar-refractivity contribution in [2.45, 2.75) is 103 Å². The van der Waals surface area contributed by atoms with Gasteiger partial charge in [-0.1, -0.05) is 64.2 Å². The first-order valence-corrected chi connectivity index (χ1v) is 9.53. The minimum atomic E-state index is -0.350. The topological polar surface area (TPSA) is 52.6 Å². The Hall–Kier alpha value is -1.06. The number of carbonyl (C=O) groups is 2. The van der Waals surface area contributed by atoms with Gasteiger partial charge in [0.25, 0.3) is 0 Å². The molecule has 0 saturated carbocycles. The predicted octanol–water partition coefficient (Wildman–Crippen LogP) is 4.94. The predicted molar refractivity (Wildman–Crippen MR) is 91.2 cm³/mol. The zero-order valence-corrected chi connectivity index (χ0v) is 14.8.